The molecule has 3 aromatic rings. The van der Waals surface area contributed by atoms with Gasteiger partial charge in [-0.15, -0.1) is 11.3 Å². The van der Waals surface area contributed by atoms with Gasteiger partial charge in [-0.05, 0) is 81.7 Å². The van der Waals surface area contributed by atoms with Gasteiger partial charge < -0.3 is 14.8 Å². The van der Waals surface area contributed by atoms with Crippen molar-refractivity contribution in [3.8, 4) is 16.9 Å². The summed E-state index contributed by atoms with van der Waals surface area (Å²) in [5, 5.41) is 3.61. The Kier molecular flexibility index (Phi) is 6.06. The first-order valence-electron chi connectivity index (χ1n) is 10.8. The predicted molar refractivity (Wildman–Crippen MR) is 133 cm³/mol. The van der Waals surface area contributed by atoms with Gasteiger partial charge in [-0.25, -0.2) is 4.39 Å². The van der Waals surface area contributed by atoms with E-state index in [-0.39, 0.29) is 11.4 Å². The molecule has 4 rings (SSSR count). The molecule has 1 unspecified atom stereocenters. The average Bonchev–Trinajstić information content (AvgIpc) is 3.16. The van der Waals surface area contributed by atoms with Crippen LogP contribution in [0.1, 0.15) is 53.3 Å². The molecule has 0 fully saturated rings. The van der Waals surface area contributed by atoms with Crippen LogP contribution in [-0.2, 0) is 9.53 Å². The lowest BCUT2D eigenvalue weighted by atomic mass is 9.80. The van der Waals surface area contributed by atoms with Crippen molar-refractivity contribution >= 4 is 29.1 Å². The molecule has 4 nitrogen and oxygen atoms in total. The normalized spacial score (nSPS) is 15.2. The molecule has 2 aromatic carbocycles. The minimum atomic E-state index is -0.619. The predicted octanol–water partition coefficient (Wildman–Crippen LogP) is 7.05. The number of carbonyl (C=O) groups is 1. The summed E-state index contributed by atoms with van der Waals surface area (Å²) < 4.78 is 25.4. The Morgan fingerprint density at radius 3 is 2.48 bits per heavy atom. The van der Waals surface area contributed by atoms with E-state index in [4.69, 9.17) is 9.47 Å². The van der Waals surface area contributed by atoms with Crippen molar-refractivity contribution in [2.75, 3.05) is 12.4 Å². The van der Waals surface area contributed by atoms with Gasteiger partial charge in [0, 0.05) is 38.2 Å². The van der Waals surface area contributed by atoms with Gasteiger partial charge >= 0.3 is 0 Å². The van der Waals surface area contributed by atoms with E-state index in [1.165, 1.54) is 19.2 Å². The second-order valence-corrected chi connectivity index (χ2v) is 10.3. The number of hydrogen-bond donors (Lipinski definition) is 1. The molecule has 1 aromatic heterocycles. The fraction of sp³-hybridized carbons (Fsp3) is 0.296. The molecule has 1 aliphatic rings. The molecule has 1 atom stereocenters. The smallest absolute Gasteiger partial charge is 0.294 e. The lowest BCUT2D eigenvalue weighted by Crippen LogP contribution is -2.32. The van der Waals surface area contributed by atoms with E-state index in [1.54, 1.807) is 17.4 Å². The van der Waals surface area contributed by atoms with Crippen LogP contribution in [0.4, 0.5) is 10.1 Å². The minimum absolute atomic E-state index is 0.226. The van der Waals surface area contributed by atoms with Crippen LogP contribution in [0.5, 0.6) is 5.75 Å². The van der Waals surface area contributed by atoms with E-state index in [1.807, 2.05) is 26.0 Å². The Bertz CT molecular complexity index is 1260. The van der Waals surface area contributed by atoms with Gasteiger partial charge in [-0.1, -0.05) is 6.08 Å². The largest absolute Gasteiger partial charge is 0.496 e. The van der Waals surface area contributed by atoms with Crippen molar-refractivity contribution < 1.29 is 18.7 Å². The third-order valence-corrected chi connectivity index (χ3v) is 6.94. The third kappa shape index (κ3) is 4.27. The van der Waals surface area contributed by atoms with Crippen LogP contribution in [0.25, 0.3) is 16.7 Å². The number of benzene rings is 2. The number of fused-ring (bicyclic) bond motifs is 1. The van der Waals surface area contributed by atoms with E-state index in [2.05, 4.69) is 38.2 Å². The van der Waals surface area contributed by atoms with Crippen molar-refractivity contribution in [3.05, 3.63) is 74.7 Å². The highest BCUT2D eigenvalue weighted by Crippen LogP contribution is 2.49. The Morgan fingerprint density at radius 1 is 1.09 bits per heavy atom. The van der Waals surface area contributed by atoms with Gasteiger partial charge in [0.1, 0.15) is 11.6 Å². The maximum absolute atomic E-state index is 14.1. The van der Waals surface area contributed by atoms with E-state index in [9.17, 15) is 9.18 Å². The van der Waals surface area contributed by atoms with Gasteiger partial charge in [0.2, 0.25) is 0 Å². The molecular formula is C27H28FNO3S. The van der Waals surface area contributed by atoms with Gasteiger partial charge in [0.25, 0.3) is 6.47 Å². The molecule has 33 heavy (non-hydrogen) atoms. The molecule has 0 saturated carbocycles. The van der Waals surface area contributed by atoms with Crippen LogP contribution < -0.4 is 10.1 Å². The van der Waals surface area contributed by atoms with Crippen molar-refractivity contribution in [1.29, 1.82) is 0 Å². The maximum atomic E-state index is 14.1. The lowest BCUT2D eigenvalue weighted by molar-refractivity contribution is -0.132. The topological polar surface area (TPSA) is 47.6 Å². The molecule has 2 heterocycles. The number of nitrogens with one attached hydrogen (secondary N) is 1. The zero-order chi connectivity index (χ0) is 23.9. The number of anilines is 1. The van der Waals surface area contributed by atoms with E-state index in [0.29, 0.717) is 12.2 Å². The highest BCUT2D eigenvalue weighted by Gasteiger charge is 2.33. The summed E-state index contributed by atoms with van der Waals surface area (Å²) in [5.41, 5.74) is 6.27. The SMILES string of the molecule is COc1cc(F)ccc1-c1c(C)cc2c(c1C(OC=O)c1ccc(C)s1)C(C)=CC(C)(C)N2. The molecule has 172 valence electrons. The fourth-order valence-electron chi connectivity index (χ4n) is 4.78. The molecule has 1 aliphatic heterocycles. The first-order chi connectivity index (χ1) is 15.6. The number of hydrogen-bond acceptors (Lipinski definition) is 5. The molecule has 0 radical (unpaired) electrons. The Balaban J connectivity index is 2.12. The Hall–Kier alpha value is -3.12. The fourth-order valence-corrected chi connectivity index (χ4v) is 5.71. The molecule has 0 bridgehead atoms. The number of thiophene rings is 1. The summed E-state index contributed by atoms with van der Waals surface area (Å²) in [6, 6.07) is 10.7. The first-order valence-corrected chi connectivity index (χ1v) is 11.6. The van der Waals surface area contributed by atoms with Crippen LogP contribution in [0.2, 0.25) is 0 Å². The Morgan fingerprint density at radius 2 is 1.85 bits per heavy atom. The van der Waals surface area contributed by atoms with Gasteiger partial charge in [0.15, 0.2) is 6.10 Å². The highest BCUT2D eigenvalue weighted by atomic mass is 32.1. The van der Waals surface area contributed by atoms with Crippen molar-refractivity contribution in [2.24, 2.45) is 0 Å². The number of allylic oxidation sites excluding steroid dienone is 1. The van der Waals surface area contributed by atoms with Crippen molar-refractivity contribution in [2.45, 2.75) is 46.3 Å². The van der Waals surface area contributed by atoms with Crippen LogP contribution in [0.15, 0.2) is 42.5 Å². The zero-order valence-corrected chi connectivity index (χ0v) is 20.5. The maximum Gasteiger partial charge on any atom is 0.294 e. The second kappa shape index (κ2) is 8.67. The molecule has 0 aliphatic carbocycles. The average molecular weight is 466 g/mol. The highest BCUT2D eigenvalue weighted by molar-refractivity contribution is 7.12. The van der Waals surface area contributed by atoms with Crippen LogP contribution in [-0.4, -0.2) is 19.1 Å². The van der Waals surface area contributed by atoms with Gasteiger partial charge in [0.05, 0.1) is 12.6 Å². The van der Waals surface area contributed by atoms with Crippen LogP contribution >= 0.6 is 11.3 Å². The monoisotopic (exact) mass is 465 g/mol. The standard InChI is InChI=1S/C27H28FNO3S/c1-15-11-20-24(16(2)13-27(4,5)29-20)25(26(32-14-30)22-10-7-17(3)33-22)23(15)19-9-8-18(28)12-21(19)31-6/h7-14,26,29H,1-6H3. The number of carbonyl (C=O) groups excluding carboxylic acids is 1. The molecule has 0 saturated heterocycles. The summed E-state index contributed by atoms with van der Waals surface area (Å²) in [5.74, 6) is 0.0547. The number of ether oxygens (including phenoxy) is 2. The summed E-state index contributed by atoms with van der Waals surface area (Å²) >= 11 is 1.59. The summed E-state index contributed by atoms with van der Waals surface area (Å²) in [6.45, 7) is 10.8. The number of rotatable bonds is 6. The number of methoxy groups -OCH3 is 1. The number of halogens is 1. The molecule has 0 amide bonds. The Labute approximate surface area is 198 Å². The summed E-state index contributed by atoms with van der Waals surface area (Å²) in [6.07, 6.45) is 1.56. The van der Waals surface area contributed by atoms with Crippen molar-refractivity contribution in [1.82, 2.24) is 0 Å². The van der Waals surface area contributed by atoms with Gasteiger partial charge in [-0.3, -0.25) is 4.79 Å². The quantitative estimate of drug-likeness (QED) is 0.396. The molecule has 6 heteroatoms. The first kappa shape index (κ1) is 23.1. The van der Waals surface area contributed by atoms with Gasteiger partial charge in [-0.2, -0.15) is 0 Å². The van der Waals surface area contributed by atoms with Crippen molar-refractivity contribution in [3.63, 3.8) is 0 Å². The van der Waals surface area contributed by atoms with E-state index in [0.717, 1.165) is 48.8 Å². The van der Waals surface area contributed by atoms with E-state index < -0.39 is 6.10 Å². The van der Waals surface area contributed by atoms with Crippen LogP contribution in [0, 0.1) is 19.7 Å². The number of aryl methyl sites for hydroxylation is 2. The third-order valence-electron chi connectivity index (χ3n) is 5.90. The molecule has 1 N–H and O–H groups in total. The molecular weight excluding hydrogens is 437 g/mol. The minimum Gasteiger partial charge on any atom is -0.496 e. The summed E-state index contributed by atoms with van der Waals surface area (Å²) in [7, 11) is 1.53. The second-order valence-electron chi connectivity index (χ2n) is 8.98. The summed E-state index contributed by atoms with van der Waals surface area (Å²) in [4.78, 5) is 13.7. The molecule has 0 spiro atoms. The van der Waals surface area contributed by atoms with Crippen LogP contribution in [0.3, 0.4) is 0 Å². The van der Waals surface area contributed by atoms with E-state index >= 15 is 0 Å². The zero-order valence-electron chi connectivity index (χ0n) is 19.7. The lowest BCUT2D eigenvalue weighted by Gasteiger charge is -2.35.